The third-order valence-electron chi connectivity index (χ3n) is 1.69. The summed E-state index contributed by atoms with van der Waals surface area (Å²) in [5.41, 5.74) is 1.90. The summed E-state index contributed by atoms with van der Waals surface area (Å²) in [7, 11) is 0. The quantitative estimate of drug-likeness (QED) is 0.470. The minimum absolute atomic E-state index is 0.490. The second-order valence-electron chi connectivity index (χ2n) is 2.82. The lowest BCUT2D eigenvalue weighted by molar-refractivity contribution is 1.04. The first-order chi connectivity index (χ1) is 6.72. The predicted molar refractivity (Wildman–Crippen MR) is 55.5 cm³/mol. The van der Waals surface area contributed by atoms with Crippen LogP contribution in [-0.4, -0.2) is 4.98 Å². The molecule has 4 heteroatoms. The summed E-state index contributed by atoms with van der Waals surface area (Å²) in [4.78, 5) is 3.95. The fourth-order valence-electron chi connectivity index (χ4n) is 0.937. The van der Waals surface area contributed by atoms with Gasteiger partial charge in [0.05, 0.1) is 0 Å². The highest BCUT2D eigenvalue weighted by atomic mass is 35.5. The minimum Gasteiger partial charge on any atom is -0.297 e. The summed E-state index contributed by atoms with van der Waals surface area (Å²) < 4.78 is 0. The lowest BCUT2D eigenvalue weighted by Crippen LogP contribution is -2.01. The smallest absolute Gasteiger partial charge is 0.181 e. The molecule has 0 aliphatic rings. The third-order valence-corrected chi connectivity index (χ3v) is 1.91. The van der Waals surface area contributed by atoms with Gasteiger partial charge in [-0.3, -0.25) is 5.32 Å². The average Bonchev–Trinajstić information content (AvgIpc) is 2.17. The van der Waals surface area contributed by atoms with E-state index >= 15 is 0 Å². The van der Waals surface area contributed by atoms with Crippen molar-refractivity contribution in [3.8, 4) is 6.19 Å². The number of nitrogens with zero attached hydrogens (tertiary/aromatic N) is 2. The van der Waals surface area contributed by atoms with Gasteiger partial charge in [-0.05, 0) is 25.0 Å². The summed E-state index contributed by atoms with van der Waals surface area (Å²) in [5, 5.41) is 11.4. The molecule has 1 rings (SSSR count). The summed E-state index contributed by atoms with van der Waals surface area (Å²) in [6, 6.07) is 3.66. The molecule has 0 fully saturated rings. The van der Waals surface area contributed by atoms with Gasteiger partial charge in [-0.15, -0.1) is 0 Å². The highest BCUT2D eigenvalue weighted by molar-refractivity contribution is 6.29. The number of halogens is 1. The van der Waals surface area contributed by atoms with E-state index in [-0.39, 0.29) is 0 Å². The zero-order valence-corrected chi connectivity index (χ0v) is 8.54. The number of aromatic nitrogens is 1. The molecule has 1 N–H and O–H groups in total. The third kappa shape index (κ3) is 3.46. The van der Waals surface area contributed by atoms with E-state index in [0.29, 0.717) is 5.15 Å². The maximum absolute atomic E-state index is 8.34. The van der Waals surface area contributed by atoms with Crippen LogP contribution >= 0.6 is 11.6 Å². The Balaban J connectivity index is 2.58. The summed E-state index contributed by atoms with van der Waals surface area (Å²) in [6.45, 7) is 1.84. The summed E-state index contributed by atoms with van der Waals surface area (Å²) in [5.74, 6) is 0. The van der Waals surface area contributed by atoms with E-state index in [1.165, 1.54) is 0 Å². The van der Waals surface area contributed by atoms with Crippen molar-refractivity contribution in [2.75, 3.05) is 0 Å². The lowest BCUT2D eigenvalue weighted by Gasteiger charge is -1.98. The van der Waals surface area contributed by atoms with Gasteiger partial charge in [0.25, 0.3) is 0 Å². The van der Waals surface area contributed by atoms with Gasteiger partial charge in [-0.25, -0.2) is 4.98 Å². The van der Waals surface area contributed by atoms with E-state index in [9.17, 15) is 0 Å². The van der Waals surface area contributed by atoms with Crippen molar-refractivity contribution in [3.63, 3.8) is 0 Å². The van der Waals surface area contributed by atoms with Gasteiger partial charge < -0.3 is 0 Å². The van der Waals surface area contributed by atoms with Crippen LogP contribution in [0.4, 0.5) is 0 Å². The largest absolute Gasteiger partial charge is 0.297 e. The Bertz CT molecular complexity index is 362. The molecule has 0 aliphatic carbocycles. The van der Waals surface area contributed by atoms with E-state index < -0.39 is 0 Å². The van der Waals surface area contributed by atoms with Crippen LogP contribution in [0, 0.1) is 11.5 Å². The maximum Gasteiger partial charge on any atom is 0.181 e. The topological polar surface area (TPSA) is 48.7 Å². The van der Waals surface area contributed by atoms with Crippen molar-refractivity contribution >= 4 is 11.6 Å². The number of nitrogens with one attached hydrogen (secondary N) is 1. The standard InChI is InChI=1S/C10H10ClN3/c1-8(14-7-12)2-3-9-4-5-10(11)13-6-9/h2,4-6,14H,3H2,1H3. The first-order valence-electron chi connectivity index (χ1n) is 4.14. The molecule has 72 valence electrons. The molecule has 0 aromatic carbocycles. The Hall–Kier alpha value is -1.53. The van der Waals surface area contributed by atoms with Crippen LogP contribution in [0.3, 0.4) is 0 Å². The van der Waals surface area contributed by atoms with E-state index in [1.807, 2.05) is 25.3 Å². The molecule has 14 heavy (non-hydrogen) atoms. The number of pyridine rings is 1. The Morgan fingerprint density at radius 3 is 3.07 bits per heavy atom. The van der Waals surface area contributed by atoms with Crippen LogP contribution in [0.2, 0.25) is 5.15 Å². The van der Waals surface area contributed by atoms with Crippen LogP contribution in [-0.2, 0) is 6.42 Å². The van der Waals surface area contributed by atoms with E-state index in [2.05, 4.69) is 10.3 Å². The van der Waals surface area contributed by atoms with Crippen LogP contribution < -0.4 is 5.32 Å². The molecular formula is C10H10ClN3. The molecule has 0 amide bonds. The Morgan fingerprint density at radius 1 is 1.71 bits per heavy atom. The van der Waals surface area contributed by atoms with Gasteiger partial charge in [0.15, 0.2) is 6.19 Å². The molecular weight excluding hydrogens is 198 g/mol. The Kier molecular flexibility index (Phi) is 3.96. The van der Waals surface area contributed by atoms with Gasteiger partial charge in [0.1, 0.15) is 5.15 Å². The normalized spacial score (nSPS) is 10.8. The molecule has 0 bridgehead atoms. The minimum atomic E-state index is 0.490. The number of nitriles is 1. The second-order valence-corrected chi connectivity index (χ2v) is 3.20. The van der Waals surface area contributed by atoms with Crippen molar-refractivity contribution in [1.82, 2.24) is 10.3 Å². The van der Waals surface area contributed by atoms with Crippen LogP contribution in [0.5, 0.6) is 0 Å². The Labute approximate surface area is 88.0 Å². The average molecular weight is 208 g/mol. The maximum atomic E-state index is 8.34. The monoisotopic (exact) mass is 207 g/mol. The number of hydrogen-bond acceptors (Lipinski definition) is 3. The number of hydrogen-bond donors (Lipinski definition) is 1. The highest BCUT2D eigenvalue weighted by Crippen LogP contribution is 2.06. The van der Waals surface area contributed by atoms with Crippen LogP contribution in [0.1, 0.15) is 12.5 Å². The van der Waals surface area contributed by atoms with Gasteiger partial charge in [0, 0.05) is 11.9 Å². The molecule has 3 nitrogen and oxygen atoms in total. The lowest BCUT2D eigenvalue weighted by atomic mass is 10.2. The van der Waals surface area contributed by atoms with Crippen LogP contribution in [0.25, 0.3) is 0 Å². The zero-order valence-electron chi connectivity index (χ0n) is 7.79. The SMILES string of the molecule is CC(=CCc1ccc(Cl)nc1)NC#N. The molecule has 1 aromatic rings. The molecule has 0 aliphatic heterocycles. The van der Waals surface area contributed by atoms with Crippen molar-refractivity contribution < 1.29 is 0 Å². The Morgan fingerprint density at radius 2 is 2.50 bits per heavy atom. The summed E-state index contributed by atoms with van der Waals surface area (Å²) >= 11 is 5.64. The molecule has 0 radical (unpaired) electrons. The molecule has 1 heterocycles. The van der Waals surface area contributed by atoms with Crippen molar-refractivity contribution in [1.29, 1.82) is 5.26 Å². The molecule has 0 saturated heterocycles. The zero-order chi connectivity index (χ0) is 10.4. The fraction of sp³-hybridized carbons (Fsp3) is 0.200. The number of rotatable bonds is 3. The molecule has 0 unspecified atom stereocenters. The van der Waals surface area contributed by atoms with Gasteiger partial charge in [-0.1, -0.05) is 23.7 Å². The first-order valence-corrected chi connectivity index (χ1v) is 4.52. The molecule has 1 aromatic heterocycles. The van der Waals surface area contributed by atoms with E-state index in [4.69, 9.17) is 16.9 Å². The first kappa shape index (κ1) is 10.6. The van der Waals surface area contributed by atoms with E-state index in [1.54, 1.807) is 12.3 Å². The predicted octanol–water partition coefficient (Wildman–Crippen LogP) is 2.25. The van der Waals surface area contributed by atoms with Crippen molar-refractivity contribution in [2.24, 2.45) is 0 Å². The molecule has 0 spiro atoms. The highest BCUT2D eigenvalue weighted by Gasteiger charge is 1.92. The van der Waals surface area contributed by atoms with E-state index in [0.717, 1.165) is 17.7 Å². The number of allylic oxidation sites excluding steroid dienone is 2. The summed E-state index contributed by atoms with van der Waals surface area (Å²) in [6.07, 6.45) is 6.24. The second kappa shape index (κ2) is 5.25. The van der Waals surface area contributed by atoms with Crippen molar-refractivity contribution in [2.45, 2.75) is 13.3 Å². The van der Waals surface area contributed by atoms with Gasteiger partial charge in [-0.2, -0.15) is 5.26 Å². The van der Waals surface area contributed by atoms with Gasteiger partial charge >= 0.3 is 0 Å². The van der Waals surface area contributed by atoms with Crippen LogP contribution in [0.15, 0.2) is 30.1 Å². The fourth-order valence-corrected chi connectivity index (χ4v) is 1.05. The van der Waals surface area contributed by atoms with Crippen molar-refractivity contribution in [3.05, 3.63) is 40.8 Å². The van der Waals surface area contributed by atoms with Gasteiger partial charge in [0.2, 0.25) is 0 Å². The molecule has 0 atom stereocenters. The molecule has 0 saturated carbocycles.